The van der Waals surface area contributed by atoms with Crippen LogP contribution >= 0.6 is 11.6 Å². The molecule has 1 atom stereocenters. The second-order valence-electron chi connectivity index (χ2n) is 5.49. The number of benzene rings is 2. The van der Waals surface area contributed by atoms with Gasteiger partial charge in [-0.1, -0.05) is 29.8 Å². The van der Waals surface area contributed by atoms with Crippen LogP contribution in [0.15, 0.2) is 48.5 Å². The maximum atomic E-state index is 12.2. The molecule has 1 heterocycles. The Morgan fingerprint density at radius 1 is 1.19 bits per heavy atom. The molecular weight excluding hydrogens is 358 g/mol. The molecule has 2 aromatic carbocycles. The van der Waals surface area contributed by atoms with Gasteiger partial charge in [0.1, 0.15) is 0 Å². The maximum Gasteiger partial charge on any atom is 0.331 e. The summed E-state index contributed by atoms with van der Waals surface area (Å²) in [7, 11) is 0. The number of halogens is 1. The summed E-state index contributed by atoms with van der Waals surface area (Å²) in [6, 6.07) is 12.1. The molecule has 6 nitrogen and oxygen atoms in total. The van der Waals surface area contributed by atoms with Crippen LogP contribution < -0.4 is 14.8 Å². The Hall–Kier alpha value is -2.99. The van der Waals surface area contributed by atoms with Crippen LogP contribution in [0.2, 0.25) is 5.02 Å². The molecule has 134 valence electrons. The van der Waals surface area contributed by atoms with Crippen LogP contribution in [0, 0.1) is 0 Å². The lowest BCUT2D eigenvalue weighted by Gasteiger charge is -2.12. The summed E-state index contributed by atoms with van der Waals surface area (Å²) in [6.07, 6.45) is 1.79. The summed E-state index contributed by atoms with van der Waals surface area (Å²) in [4.78, 5) is 24.1. The van der Waals surface area contributed by atoms with Crippen LogP contribution in [0.3, 0.4) is 0 Å². The second kappa shape index (κ2) is 7.93. The highest BCUT2D eigenvalue weighted by Crippen LogP contribution is 2.34. The van der Waals surface area contributed by atoms with Gasteiger partial charge in [-0.2, -0.15) is 0 Å². The van der Waals surface area contributed by atoms with Crippen LogP contribution in [0.4, 0.5) is 5.69 Å². The standard InChI is InChI=1S/C19H16ClNO5/c1-12(26-18(22)9-6-13-4-2-3-5-15(13)20)19(23)21-14-7-8-16-17(10-14)25-11-24-16/h2-10,12H,11H2,1H3,(H,21,23)/b9-6+/t12-/m1/s1. The van der Waals surface area contributed by atoms with Gasteiger partial charge in [0, 0.05) is 22.9 Å². The number of rotatable bonds is 5. The number of fused-ring (bicyclic) bond motifs is 1. The number of anilines is 1. The van der Waals surface area contributed by atoms with Gasteiger partial charge < -0.3 is 19.5 Å². The van der Waals surface area contributed by atoms with Crippen LogP contribution in [0.25, 0.3) is 6.08 Å². The fourth-order valence-corrected chi connectivity index (χ4v) is 2.45. The van der Waals surface area contributed by atoms with Crippen LogP contribution in [0.5, 0.6) is 11.5 Å². The molecule has 1 aliphatic heterocycles. The van der Waals surface area contributed by atoms with Gasteiger partial charge in [-0.05, 0) is 36.8 Å². The lowest BCUT2D eigenvalue weighted by Crippen LogP contribution is -2.29. The van der Waals surface area contributed by atoms with E-state index in [1.54, 1.807) is 42.5 Å². The van der Waals surface area contributed by atoms with E-state index in [9.17, 15) is 9.59 Å². The summed E-state index contributed by atoms with van der Waals surface area (Å²) in [6.45, 7) is 1.64. The molecule has 0 radical (unpaired) electrons. The number of hydrogen-bond acceptors (Lipinski definition) is 5. The van der Waals surface area contributed by atoms with E-state index in [1.165, 1.54) is 19.1 Å². The van der Waals surface area contributed by atoms with Gasteiger partial charge in [-0.15, -0.1) is 0 Å². The minimum atomic E-state index is -0.969. The van der Waals surface area contributed by atoms with Crippen molar-refractivity contribution in [3.05, 3.63) is 59.1 Å². The lowest BCUT2D eigenvalue weighted by atomic mass is 10.2. The fraction of sp³-hybridized carbons (Fsp3) is 0.158. The zero-order chi connectivity index (χ0) is 18.5. The Kier molecular flexibility index (Phi) is 5.43. The third kappa shape index (κ3) is 4.34. The van der Waals surface area contributed by atoms with Crippen molar-refractivity contribution in [2.24, 2.45) is 0 Å². The second-order valence-corrected chi connectivity index (χ2v) is 5.90. The van der Waals surface area contributed by atoms with Crippen molar-refractivity contribution in [1.82, 2.24) is 0 Å². The minimum Gasteiger partial charge on any atom is -0.454 e. The van der Waals surface area contributed by atoms with Crippen molar-refractivity contribution >= 4 is 35.2 Å². The fourth-order valence-electron chi connectivity index (χ4n) is 2.25. The number of carbonyl (C=O) groups is 2. The van der Waals surface area contributed by atoms with E-state index in [0.29, 0.717) is 27.8 Å². The third-order valence-electron chi connectivity index (χ3n) is 3.61. The molecule has 0 spiro atoms. The number of ether oxygens (including phenoxy) is 3. The monoisotopic (exact) mass is 373 g/mol. The maximum absolute atomic E-state index is 12.2. The predicted molar refractivity (Wildman–Crippen MR) is 97.2 cm³/mol. The highest BCUT2D eigenvalue weighted by molar-refractivity contribution is 6.32. The topological polar surface area (TPSA) is 73.9 Å². The van der Waals surface area contributed by atoms with Crippen LogP contribution in [-0.4, -0.2) is 24.8 Å². The Labute approximate surface area is 155 Å². The van der Waals surface area contributed by atoms with Gasteiger partial charge in [-0.25, -0.2) is 4.79 Å². The number of hydrogen-bond donors (Lipinski definition) is 1. The van der Waals surface area contributed by atoms with Crippen LogP contribution in [0.1, 0.15) is 12.5 Å². The SMILES string of the molecule is C[C@@H](OC(=O)/C=C/c1ccccc1Cl)C(=O)Nc1ccc2c(c1)OCO2. The van der Waals surface area contributed by atoms with Crippen LogP contribution in [-0.2, 0) is 14.3 Å². The summed E-state index contributed by atoms with van der Waals surface area (Å²) < 4.78 is 15.6. The largest absolute Gasteiger partial charge is 0.454 e. The molecule has 1 N–H and O–H groups in total. The summed E-state index contributed by atoms with van der Waals surface area (Å²) in [5, 5.41) is 3.18. The van der Waals surface area contributed by atoms with Gasteiger partial charge in [0.25, 0.3) is 5.91 Å². The quantitative estimate of drug-likeness (QED) is 0.639. The molecule has 1 amide bonds. The zero-order valence-electron chi connectivity index (χ0n) is 13.9. The Balaban J connectivity index is 1.55. The van der Waals surface area contributed by atoms with E-state index in [4.69, 9.17) is 25.8 Å². The number of esters is 1. The van der Waals surface area contributed by atoms with E-state index >= 15 is 0 Å². The molecule has 0 unspecified atom stereocenters. The molecule has 0 fully saturated rings. The van der Waals surface area contributed by atoms with Crippen molar-refractivity contribution in [3.63, 3.8) is 0 Å². The molecule has 0 bridgehead atoms. The van der Waals surface area contributed by atoms with Crippen molar-refractivity contribution in [2.75, 3.05) is 12.1 Å². The first-order valence-electron chi connectivity index (χ1n) is 7.86. The van der Waals surface area contributed by atoms with E-state index in [1.807, 2.05) is 0 Å². The molecule has 26 heavy (non-hydrogen) atoms. The molecule has 3 rings (SSSR count). The first-order valence-corrected chi connectivity index (χ1v) is 8.24. The van der Waals surface area contributed by atoms with Crippen molar-refractivity contribution in [2.45, 2.75) is 13.0 Å². The van der Waals surface area contributed by atoms with Crippen molar-refractivity contribution in [1.29, 1.82) is 0 Å². The summed E-state index contributed by atoms with van der Waals surface area (Å²) in [5.41, 5.74) is 1.21. The number of nitrogens with one attached hydrogen (secondary N) is 1. The molecule has 0 saturated heterocycles. The predicted octanol–water partition coefficient (Wildman–Crippen LogP) is 3.65. The normalized spacial score (nSPS) is 13.5. The molecule has 7 heteroatoms. The average Bonchev–Trinajstić information content (AvgIpc) is 3.08. The van der Waals surface area contributed by atoms with Gasteiger partial charge in [0.05, 0.1) is 0 Å². The first kappa shape index (κ1) is 17.8. The zero-order valence-corrected chi connectivity index (χ0v) is 14.7. The van der Waals surface area contributed by atoms with E-state index in [0.717, 1.165) is 0 Å². The van der Waals surface area contributed by atoms with Gasteiger partial charge in [0.15, 0.2) is 17.6 Å². The smallest absolute Gasteiger partial charge is 0.331 e. The van der Waals surface area contributed by atoms with Gasteiger partial charge >= 0.3 is 5.97 Å². The Bertz CT molecular complexity index is 865. The van der Waals surface area contributed by atoms with Gasteiger partial charge in [-0.3, -0.25) is 4.79 Å². The highest BCUT2D eigenvalue weighted by Gasteiger charge is 2.19. The lowest BCUT2D eigenvalue weighted by molar-refractivity contribution is -0.148. The van der Waals surface area contributed by atoms with Crippen molar-refractivity contribution < 1.29 is 23.8 Å². The van der Waals surface area contributed by atoms with E-state index in [-0.39, 0.29) is 6.79 Å². The molecule has 2 aromatic rings. The molecule has 0 aromatic heterocycles. The number of amides is 1. The highest BCUT2D eigenvalue weighted by atomic mass is 35.5. The van der Waals surface area contributed by atoms with E-state index < -0.39 is 18.0 Å². The molecule has 0 aliphatic carbocycles. The Morgan fingerprint density at radius 3 is 2.77 bits per heavy atom. The van der Waals surface area contributed by atoms with Gasteiger partial charge in [0.2, 0.25) is 6.79 Å². The van der Waals surface area contributed by atoms with Crippen molar-refractivity contribution in [3.8, 4) is 11.5 Å². The molecule has 0 saturated carbocycles. The minimum absolute atomic E-state index is 0.151. The molecule has 1 aliphatic rings. The molecular formula is C19H16ClNO5. The van der Waals surface area contributed by atoms with E-state index in [2.05, 4.69) is 5.32 Å². The first-order chi connectivity index (χ1) is 12.5. The summed E-state index contributed by atoms with van der Waals surface area (Å²) >= 11 is 6.01. The third-order valence-corrected chi connectivity index (χ3v) is 3.95. The number of carbonyl (C=O) groups excluding carboxylic acids is 2. The summed E-state index contributed by atoms with van der Waals surface area (Å²) in [5.74, 6) is 0.0731. The Morgan fingerprint density at radius 2 is 1.96 bits per heavy atom. The average molecular weight is 374 g/mol.